The third kappa shape index (κ3) is 6.52. The van der Waals surface area contributed by atoms with Crippen LogP contribution in [0.4, 0.5) is 5.69 Å². The lowest BCUT2D eigenvalue weighted by Gasteiger charge is -2.16. The second-order valence-electron chi connectivity index (χ2n) is 5.66. The van der Waals surface area contributed by atoms with E-state index in [9.17, 15) is 0 Å². The fourth-order valence-electron chi connectivity index (χ4n) is 1.99. The zero-order valence-corrected chi connectivity index (χ0v) is 16.8. The summed E-state index contributed by atoms with van der Waals surface area (Å²) >= 11 is 19.1. The Morgan fingerprint density at radius 1 is 1.12 bits per heavy atom. The van der Waals surface area contributed by atoms with Crippen LogP contribution in [-0.2, 0) is 0 Å². The van der Waals surface area contributed by atoms with Crippen molar-refractivity contribution in [3.63, 3.8) is 0 Å². The summed E-state index contributed by atoms with van der Waals surface area (Å²) in [5.74, 6) is 1.49. The lowest BCUT2D eigenvalue weighted by molar-refractivity contribution is 0.637. The summed E-state index contributed by atoms with van der Waals surface area (Å²) in [6, 6.07) is 13.6. The highest BCUT2D eigenvalue weighted by Gasteiger charge is 2.06. The summed E-state index contributed by atoms with van der Waals surface area (Å²) in [6.07, 6.45) is 0. The van der Waals surface area contributed by atoms with Crippen molar-refractivity contribution in [2.24, 2.45) is 5.92 Å². The molecule has 0 heterocycles. The minimum atomic E-state index is 0.478. The molecule has 128 valence electrons. The third-order valence-electron chi connectivity index (χ3n) is 3.41. The highest BCUT2D eigenvalue weighted by atomic mass is 35.5. The lowest BCUT2D eigenvalue weighted by Crippen LogP contribution is -2.32. The molecule has 1 atom stereocenters. The van der Waals surface area contributed by atoms with Crippen molar-refractivity contribution in [1.29, 1.82) is 0 Å². The molecule has 2 nitrogen and oxygen atoms in total. The molecule has 0 bridgehead atoms. The molecule has 2 rings (SSSR count). The van der Waals surface area contributed by atoms with Crippen LogP contribution >= 0.6 is 47.2 Å². The molecule has 0 saturated carbocycles. The van der Waals surface area contributed by atoms with Gasteiger partial charge in [-0.05, 0) is 67.0 Å². The number of thioether (sulfide) groups is 1. The number of benzene rings is 2. The summed E-state index contributed by atoms with van der Waals surface area (Å²) in [5.41, 5.74) is 2.04. The Morgan fingerprint density at radius 3 is 2.50 bits per heavy atom. The summed E-state index contributed by atoms with van der Waals surface area (Å²) in [6.45, 7) is 5.03. The maximum absolute atomic E-state index is 6.02. The van der Waals surface area contributed by atoms with Gasteiger partial charge in [-0.2, -0.15) is 0 Å². The molecule has 0 amide bonds. The molecule has 0 aromatic heterocycles. The van der Waals surface area contributed by atoms with Gasteiger partial charge in [-0.1, -0.05) is 36.2 Å². The number of halogens is 2. The van der Waals surface area contributed by atoms with Crippen molar-refractivity contribution in [3.8, 4) is 0 Å². The Balaban J connectivity index is 1.74. The molecular weight excluding hydrogens is 379 g/mol. The summed E-state index contributed by atoms with van der Waals surface area (Å²) in [5, 5.41) is 8.54. The van der Waals surface area contributed by atoms with E-state index in [1.807, 2.05) is 61.2 Å². The van der Waals surface area contributed by atoms with E-state index in [1.54, 1.807) is 0 Å². The Hall–Kier alpha value is -0.940. The highest BCUT2D eigenvalue weighted by Crippen LogP contribution is 2.22. The Morgan fingerprint density at radius 2 is 1.79 bits per heavy atom. The molecule has 0 aliphatic heterocycles. The Kier molecular flexibility index (Phi) is 7.69. The molecule has 0 unspecified atom stereocenters. The van der Waals surface area contributed by atoms with Crippen LogP contribution < -0.4 is 10.6 Å². The van der Waals surface area contributed by atoms with E-state index in [1.165, 1.54) is 4.90 Å². The van der Waals surface area contributed by atoms with Gasteiger partial charge in [0.25, 0.3) is 0 Å². The Labute approximate surface area is 163 Å². The smallest absolute Gasteiger partial charge is 0.170 e. The molecule has 2 aromatic rings. The van der Waals surface area contributed by atoms with E-state index in [0.29, 0.717) is 16.1 Å². The topological polar surface area (TPSA) is 24.1 Å². The first-order valence-electron chi connectivity index (χ1n) is 7.63. The van der Waals surface area contributed by atoms with Gasteiger partial charge in [-0.15, -0.1) is 11.8 Å². The zero-order valence-electron chi connectivity index (χ0n) is 13.6. The standard InChI is InChI=1S/C18H20Cl2N2S2/c1-12(11-24-16-7-5-14(19)6-8-16)10-21-18(23)22-17-9-15(20)4-3-13(17)2/h3-9,12H,10-11H2,1-2H3,(H2,21,22,23)/t12-/m0/s1. The predicted octanol–water partition coefficient (Wildman–Crippen LogP) is 6.02. The van der Waals surface area contributed by atoms with Crippen molar-refractivity contribution in [2.45, 2.75) is 18.7 Å². The third-order valence-corrected chi connectivity index (χ3v) is 5.48. The molecule has 0 spiro atoms. The SMILES string of the molecule is Cc1ccc(Cl)cc1NC(=S)NC[C@H](C)CSc1ccc(Cl)cc1. The molecule has 0 fully saturated rings. The zero-order chi connectivity index (χ0) is 17.5. The average molecular weight is 399 g/mol. The molecule has 0 radical (unpaired) electrons. The number of rotatable bonds is 6. The van der Waals surface area contributed by atoms with Gasteiger partial charge in [0.15, 0.2) is 5.11 Å². The van der Waals surface area contributed by atoms with Crippen LogP contribution in [0.2, 0.25) is 10.0 Å². The first-order chi connectivity index (χ1) is 11.4. The van der Waals surface area contributed by atoms with E-state index in [2.05, 4.69) is 17.6 Å². The molecule has 24 heavy (non-hydrogen) atoms. The van der Waals surface area contributed by atoms with Crippen LogP contribution in [0.5, 0.6) is 0 Å². The van der Waals surface area contributed by atoms with E-state index in [-0.39, 0.29) is 0 Å². The fraction of sp³-hybridized carbons (Fsp3) is 0.278. The van der Waals surface area contributed by atoms with Crippen LogP contribution in [0, 0.1) is 12.8 Å². The second-order valence-corrected chi connectivity index (χ2v) is 8.04. The average Bonchev–Trinajstić information content (AvgIpc) is 2.56. The number of aryl methyl sites for hydroxylation is 1. The molecule has 0 aliphatic carbocycles. The molecular formula is C18H20Cl2N2S2. The summed E-state index contributed by atoms with van der Waals surface area (Å²) < 4.78 is 0. The maximum Gasteiger partial charge on any atom is 0.170 e. The van der Waals surface area contributed by atoms with Crippen molar-refractivity contribution in [3.05, 3.63) is 58.1 Å². The number of hydrogen-bond acceptors (Lipinski definition) is 2. The van der Waals surface area contributed by atoms with Crippen LogP contribution in [0.3, 0.4) is 0 Å². The molecule has 0 aliphatic rings. The monoisotopic (exact) mass is 398 g/mol. The normalized spacial score (nSPS) is 11.8. The largest absolute Gasteiger partial charge is 0.362 e. The molecule has 6 heteroatoms. The van der Waals surface area contributed by atoms with E-state index in [4.69, 9.17) is 35.4 Å². The fourth-order valence-corrected chi connectivity index (χ4v) is 3.41. The number of hydrogen-bond donors (Lipinski definition) is 2. The minimum Gasteiger partial charge on any atom is -0.362 e. The van der Waals surface area contributed by atoms with Crippen molar-refractivity contribution in [1.82, 2.24) is 5.32 Å². The van der Waals surface area contributed by atoms with Gasteiger partial charge in [-0.3, -0.25) is 0 Å². The number of anilines is 1. The highest BCUT2D eigenvalue weighted by molar-refractivity contribution is 7.99. The Bertz CT molecular complexity index is 690. The maximum atomic E-state index is 6.02. The minimum absolute atomic E-state index is 0.478. The van der Waals surface area contributed by atoms with Crippen LogP contribution in [-0.4, -0.2) is 17.4 Å². The lowest BCUT2D eigenvalue weighted by atomic mass is 10.2. The van der Waals surface area contributed by atoms with Gasteiger partial charge in [0.1, 0.15) is 0 Å². The summed E-state index contributed by atoms with van der Waals surface area (Å²) in [4.78, 5) is 1.22. The van der Waals surface area contributed by atoms with E-state index >= 15 is 0 Å². The molecule has 2 aromatic carbocycles. The van der Waals surface area contributed by atoms with Crippen molar-refractivity contribution >= 4 is 58.0 Å². The van der Waals surface area contributed by atoms with Crippen molar-refractivity contribution in [2.75, 3.05) is 17.6 Å². The van der Waals surface area contributed by atoms with Gasteiger partial charge >= 0.3 is 0 Å². The quantitative estimate of drug-likeness (QED) is 0.458. The number of nitrogens with one attached hydrogen (secondary N) is 2. The first kappa shape index (κ1) is 19.4. The van der Waals surface area contributed by atoms with Gasteiger partial charge < -0.3 is 10.6 Å². The van der Waals surface area contributed by atoms with Gasteiger partial charge in [0, 0.05) is 32.9 Å². The molecule has 0 saturated heterocycles. The number of thiocarbonyl (C=S) groups is 1. The summed E-state index contributed by atoms with van der Waals surface area (Å²) in [7, 11) is 0. The van der Waals surface area contributed by atoms with Crippen LogP contribution in [0.15, 0.2) is 47.4 Å². The molecule has 2 N–H and O–H groups in total. The van der Waals surface area contributed by atoms with Crippen molar-refractivity contribution < 1.29 is 0 Å². The second kappa shape index (κ2) is 9.52. The van der Waals surface area contributed by atoms with Gasteiger partial charge in [-0.25, -0.2) is 0 Å². The van der Waals surface area contributed by atoms with Gasteiger partial charge in [0.05, 0.1) is 0 Å². The van der Waals surface area contributed by atoms with E-state index in [0.717, 1.165) is 28.6 Å². The van der Waals surface area contributed by atoms with E-state index < -0.39 is 0 Å². The predicted molar refractivity (Wildman–Crippen MR) is 112 cm³/mol. The van der Waals surface area contributed by atoms with Crippen LogP contribution in [0.25, 0.3) is 0 Å². The van der Waals surface area contributed by atoms with Crippen LogP contribution in [0.1, 0.15) is 12.5 Å². The first-order valence-corrected chi connectivity index (χ1v) is 9.78. The van der Waals surface area contributed by atoms with Gasteiger partial charge in [0.2, 0.25) is 0 Å².